The molecular formula is C26H24FN5O2S. The van der Waals surface area contributed by atoms with Gasteiger partial charge < -0.3 is 14.4 Å². The van der Waals surface area contributed by atoms with Gasteiger partial charge in [0.2, 0.25) is 16.7 Å². The van der Waals surface area contributed by atoms with Gasteiger partial charge in [-0.2, -0.15) is 9.50 Å². The van der Waals surface area contributed by atoms with Gasteiger partial charge in [-0.1, -0.05) is 41.2 Å². The molecule has 7 nitrogen and oxygen atoms in total. The van der Waals surface area contributed by atoms with Crippen molar-refractivity contribution in [2.75, 3.05) is 31.1 Å². The normalized spacial score (nSPS) is 15.7. The number of fused-ring (bicyclic) bond motifs is 1. The van der Waals surface area contributed by atoms with Crippen LogP contribution in [-0.4, -0.2) is 50.8 Å². The zero-order valence-electron chi connectivity index (χ0n) is 19.1. The van der Waals surface area contributed by atoms with E-state index in [4.69, 9.17) is 4.42 Å². The molecule has 0 bridgehead atoms. The van der Waals surface area contributed by atoms with E-state index in [-0.39, 0.29) is 17.7 Å². The van der Waals surface area contributed by atoms with Gasteiger partial charge in [-0.15, -0.1) is 5.10 Å². The van der Waals surface area contributed by atoms with Crippen molar-refractivity contribution in [2.24, 2.45) is 0 Å². The summed E-state index contributed by atoms with van der Waals surface area (Å²) in [5.41, 5.74) is 3.31. The van der Waals surface area contributed by atoms with Gasteiger partial charge in [-0.25, -0.2) is 4.39 Å². The molecule has 1 aliphatic rings. The zero-order valence-corrected chi connectivity index (χ0v) is 20.0. The molecule has 0 saturated carbocycles. The van der Waals surface area contributed by atoms with Crippen LogP contribution >= 0.6 is 11.3 Å². The van der Waals surface area contributed by atoms with Crippen LogP contribution in [0.1, 0.15) is 22.0 Å². The van der Waals surface area contributed by atoms with E-state index in [0.717, 1.165) is 42.3 Å². The number of aromatic nitrogens is 3. The molecule has 2 aromatic carbocycles. The monoisotopic (exact) mass is 489 g/mol. The third-order valence-electron chi connectivity index (χ3n) is 6.45. The quantitative estimate of drug-likeness (QED) is 0.370. The van der Waals surface area contributed by atoms with Gasteiger partial charge >= 0.3 is 0 Å². The van der Waals surface area contributed by atoms with Gasteiger partial charge in [-0.3, -0.25) is 4.90 Å². The van der Waals surface area contributed by atoms with Crippen LogP contribution < -0.4 is 4.90 Å². The number of rotatable bonds is 5. The summed E-state index contributed by atoms with van der Waals surface area (Å²) in [6.07, 6.45) is 1.58. The second-order valence-electron chi connectivity index (χ2n) is 8.71. The molecule has 0 spiro atoms. The predicted molar refractivity (Wildman–Crippen MR) is 133 cm³/mol. The van der Waals surface area contributed by atoms with Crippen molar-refractivity contribution >= 4 is 22.0 Å². The van der Waals surface area contributed by atoms with Crippen LogP contribution in [0.2, 0.25) is 0 Å². The number of benzene rings is 2. The molecule has 178 valence electrons. The van der Waals surface area contributed by atoms with E-state index in [1.165, 1.54) is 33.5 Å². The Bertz CT molecular complexity index is 1440. The number of aromatic hydroxyl groups is 1. The minimum Gasteiger partial charge on any atom is -0.492 e. The lowest BCUT2D eigenvalue weighted by Gasteiger charge is -2.40. The van der Waals surface area contributed by atoms with E-state index in [0.29, 0.717) is 16.5 Å². The number of anilines is 1. The van der Waals surface area contributed by atoms with E-state index in [2.05, 4.69) is 51.1 Å². The van der Waals surface area contributed by atoms with Crippen molar-refractivity contribution < 1.29 is 13.9 Å². The fraction of sp³-hybridized carbons (Fsp3) is 0.231. The largest absolute Gasteiger partial charge is 0.492 e. The molecule has 35 heavy (non-hydrogen) atoms. The number of nitrogens with zero attached hydrogens (tertiary/aromatic N) is 5. The summed E-state index contributed by atoms with van der Waals surface area (Å²) in [4.78, 5) is 10.7. The molecule has 6 rings (SSSR count). The maximum absolute atomic E-state index is 13.4. The van der Waals surface area contributed by atoms with E-state index in [9.17, 15) is 9.50 Å². The standard InChI is InChI=1S/C26H24FN5O2S/c1-17-4-6-18(7-5-17)22(31-14-12-30(13-15-31)20-10-8-19(27)9-11-20)23-25(33)32-26(35-23)28-24(29-32)21-3-2-16-34-21/h2-11,16,22,33H,12-15H2,1H3/t22-/m1/s1. The third kappa shape index (κ3) is 4.06. The molecule has 4 heterocycles. The van der Waals surface area contributed by atoms with Gasteiger partial charge in [0.25, 0.3) is 0 Å². The van der Waals surface area contributed by atoms with Crippen molar-refractivity contribution in [1.82, 2.24) is 19.5 Å². The van der Waals surface area contributed by atoms with E-state index in [1.807, 2.05) is 12.1 Å². The van der Waals surface area contributed by atoms with Crippen LogP contribution in [-0.2, 0) is 0 Å². The zero-order chi connectivity index (χ0) is 23.9. The molecule has 3 aromatic heterocycles. The molecule has 1 saturated heterocycles. The van der Waals surface area contributed by atoms with Crippen molar-refractivity contribution in [1.29, 1.82) is 0 Å². The molecule has 5 aromatic rings. The molecule has 1 aliphatic heterocycles. The summed E-state index contributed by atoms with van der Waals surface area (Å²) < 4.78 is 20.3. The lowest BCUT2D eigenvalue weighted by Crippen LogP contribution is -2.47. The van der Waals surface area contributed by atoms with E-state index >= 15 is 0 Å². The van der Waals surface area contributed by atoms with Crippen molar-refractivity contribution in [2.45, 2.75) is 13.0 Å². The Hall–Kier alpha value is -3.69. The van der Waals surface area contributed by atoms with Gasteiger partial charge in [0, 0.05) is 31.9 Å². The van der Waals surface area contributed by atoms with Crippen molar-refractivity contribution in [3.8, 4) is 17.5 Å². The average Bonchev–Trinajstić information content (AvgIpc) is 3.61. The third-order valence-corrected chi connectivity index (χ3v) is 7.53. The van der Waals surface area contributed by atoms with Gasteiger partial charge in [-0.05, 0) is 48.9 Å². The number of hydrogen-bond donors (Lipinski definition) is 1. The number of thiazole rings is 1. The SMILES string of the molecule is Cc1ccc([C@H](c2sc3nc(-c4ccco4)nn3c2O)N2CCN(c3ccc(F)cc3)CC2)cc1. The van der Waals surface area contributed by atoms with Crippen LogP contribution in [0.3, 0.4) is 0 Å². The highest BCUT2D eigenvalue weighted by Crippen LogP contribution is 2.41. The Kier molecular flexibility index (Phi) is 5.50. The second-order valence-corrected chi connectivity index (χ2v) is 9.72. The Morgan fingerprint density at radius 2 is 1.74 bits per heavy atom. The lowest BCUT2D eigenvalue weighted by atomic mass is 10.0. The minimum absolute atomic E-state index is 0.0989. The first-order valence-corrected chi connectivity index (χ1v) is 12.3. The van der Waals surface area contributed by atoms with Crippen molar-refractivity contribution in [3.05, 3.63) is 88.7 Å². The van der Waals surface area contributed by atoms with Crippen LogP contribution in [0.25, 0.3) is 16.5 Å². The fourth-order valence-corrected chi connectivity index (χ4v) is 5.72. The number of piperazine rings is 1. The second kappa shape index (κ2) is 8.83. The molecule has 0 unspecified atom stereocenters. The topological polar surface area (TPSA) is 70.0 Å². The maximum atomic E-state index is 13.4. The summed E-state index contributed by atoms with van der Waals surface area (Å²) in [5, 5.41) is 15.7. The molecule has 0 radical (unpaired) electrons. The highest BCUT2D eigenvalue weighted by Gasteiger charge is 2.32. The van der Waals surface area contributed by atoms with Crippen LogP contribution in [0.15, 0.2) is 71.3 Å². The smallest absolute Gasteiger partial charge is 0.230 e. The minimum atomic E-state index is -0.228. The Balaban J connectivity index is 1.33. The number of hydrogen-bond acceptors (Lipinski definition) is 7. The summed E-state index contributed by atoms with van der Waals surface area (Å²) in [7, 11) is 0. The van der Waals surface area contributed by atoms with Gasteiger partial charge in [0.1, 0.15) is 5.82 Å². The van der Waals surface area contributed by atoms with E-state index < -0.39 is 0 Å². The van der Waals surface area contributed by atoms with Crippen LogP contribution in [0.4, 0.5) is 10.1 Å². The summed E-state index contributed by atoms with van der Waals surface area (Å²) in [5.74, 6) is 0.882. The van der Waals surface area contributed by atoms with Gasteiger partial charge in [0.05, 0.1) is 17.2 Å². The first-order valence-electron chi connectivity index (χ1n) is 11.5. The fourth-order valence-electron chi connectivity index (χ4n) is 4.61. The Morgan fingerprint density at radius 1 is 1.00 bits per heavy atom. The van der Waals surface area contributed by atoms with Gasteiger partial charge in [0.15, 0.2) is 5.76 Å². The van der Waals surface area contributed by atoms with Crippen LogP contribution in [0, 0.1) is 12.7 Å². The highest BCUT2D eigenvalue weighted by atomic mass is 32.1. The Labute approximate surface area is 205 Å². The highest BCUT2D eigenvalue weighted by molar-refractivity contribution is 7.17. The van der Waals surface area contributed by atoms with Crippen molar-refractivity contribution in [3.63, 3.8) is 0 Å². The van der Waals surface area contributed by atoms with Crippen LogP contribution in [0.5, 0.6) is 5.88 Å². The maximum Gasteiger partial charge on any atom is 0.230 e. The number of halogens is 1. The average molecular weight is 490 g/mol. The first kappa shape index (κ1) is 21.8. The molecule has 1 N–H and O–H groups in total. The summed E-state index contributed by atoms with van der Waals surface area (Å²) >= 11 is 1.44. The molecule has 1 fully saturated rings. The number of aryl methyl sites for hydroxylation is 1. The lowest BCUT2D eigenvalue weighted by molar-refractivity contribution is 0.211. The molecule has 0 amide bonds. The Morgan fingerprint density at radius 3 is 2.40 bits per heavy atom. The molecule has 1 atom stereocenters. The molecule has 9 heteroatoms. The summed E-state index contributed by atoms with van der Waals surface area (Å²) in [6.45, 7) is 5.26. The molecular weight excluding hydrogens is 465 g/mol. The molecule has 0 aliphatic carbocycles. The first-order chi connectivity index (χ1) is 17.1. The number of furan rings is 1. The predicted octanol–water partition coefficient (Wildman–Crippen LogP) is 5.12. The summed E-state index contributed by atoms with van der Waals surface area (Å²) in [6, 6.07) is 18.5. The van der Waals surface area contributed by atoms with E-state index in [1.54, 1.807) is 18.4 Å².